The van der Waals surface area contributed by atoms with Gasteiger partial charge in [0.25, 0.3) is 0 Å². The summed E-state index contributed by atoms with van der Waals surface area (Å²) in [5.41, 5.74) is 3.05. The zero-order valence-electron chi connectivity index (χ0n) is 19.8. The van der Waals surface area contributed by atoms with Crippen molar-refractivity contribution < 1.29 is 9.53 Å². The van der Waals surface area contributed by atoms with Gasteiger partial charge in [0.05, 0.1) is 13.2 Å². The van der Waals surface area contributed by atoms with Crippen LogP contribution in [0.3, 0.4) is 0 Å². The Kier molecular flexibility index (Phi) is 11.3. The fourth-order valence-electron chi connectivity index (χ4n) is 3.71. The van der Waals surface area contributed by atoms with Crippen molar-refractivity contribution in [2.75, 3.05) is 38.6 Å². The van der Waals surface area contributed by atoms with Crippen molar-refractivity contribution in [3.63, 3.8) is 0 Å². The lowest BCUT2D eigenvalue weighted by molar-refractivity contribution is 0.222. The molecule has 0 spiro atoms. The van der Waals surface area contributed by atoms with Crippen molar-refractivity contribution in [3.8, 4) is 5.75 Å². The number of guanidine groups is 1. The van der Waals surface area contributed by atoms with Gasteiger partial charge in [0.1, 0.15) is 5.75 Å². The SMILES string of the molecule is CCNC(=NCc1cccc(NC(=O)N2CCCC2)c1)N(C)Cc1ccc(OCC)cc1.I. The highest BCUT2D eigenvalue weighted by atomic mass is 127. The number of anilines is 1. The van der Waals surface area contributed by atoms with Gasteiger partial charge in [-0.3, -0.25) is 0 Å². The Balaban J connectivity index is 0.00000385. The van der Waals surface area contributed by atoms with E-state index in [0.29, 0.717) is 13.2 Å². The van der Waals surface area contributed by atoms with Crippen LogP contribution in [0.2, 0.25) is 0 Å². The van der Waals surface area contributed by atoms with Crippen molar-refractivity contribution in [2.24, 2.45) is 4.99 Å². The van der Waals surface area contributed by atoms with Crippen LogP contribution in [0.15, 0.2) is 53.5 Å². The van der Waals surface area contributed by atoms with E-state index >= 15 is 0 Å². The lowest BCUT2D eigenvalue weighted by Gasteiger charge is -2.22. The van der Waals surface area contributed by atoms with Crippen LogP contribution in [0.5, 0.6) is 5.75 Å². The van der Waals surface area contributed by atoms with Gasteiger partial charge in [-0.05, 0) is 62.1 Å². The number of rotatable bonds is 8. The van der Waals surface area contributed by atoms with Gasteiger partial charge in [0.2, 0.25) is 0 Å². The van der Waals surface area contributed by atoms with Crippen LogP contribution in [0.25, 0.3) is 0 Å². The quantitative estimate of drug-likeness (QED) is 0.271. The van der Waals surface area contributed by atoms with Crippen LogP contribution in [0, 0.1) is 0 Å². The molecule has 1 saturated heterocycles. The van der Waals surface area contributed by atoms with Crippen LogP contribution >= 0.6 is 24.0 Å². The van der Waals surface area contributed by atoms with Crippen molar-refractivity contribution in [2.45, 2.75) is 39.8 Å². The molecule has 1 aliphatic rings. The molecule has 3 rings (SSSR count). The van der Waals surface area contributed by atoms with Gasteiger partial charge in [-0.15, -0.1) is 24.0 Å². The number of amides is 2. The number of nitrogens with one attached hydrogen (secondary N) is 2. The second kappa shape index (κ2) is 13.9. The first kappa shape index (κ1) is 26.8. The lowest BCUT2D eigenvalue weighted by Crippen LogP contribution is -2.38. The molecule has 0 aliphatic carbocycles. The molecule has 0 aromatic heterocycles. The largest absolute Gasteiger partial charge is 0.494 e. The number of carbonyl (C=O) groups is 1. The van der Waals surface area contributed by atoms with E-state index in [1.54, 1.807) is 0 Å². The molecule has 2 aromatic carbocycles. The van der Waals surface area contributed by atoms with Gasteiger partial charge in [-0.2, -0.15) is 0 Å². The molecule has 180 valence electrons. The third-order valence-electron chi connectivity index (χ3n) is 5.33. The predicted molar refractivity (Wildman–Crippen MR) is 146 cm³/mol. The van der Waals surface area contributed by atoms with E-state index in [0.717, 1.165) is 62.0 Å². The number of nitrogens with zero attached hydrogens (tertiary/aromatic N) is 3. The van der Waals surface area contributed by atoms with E-state index in [9.17, 15) is 4.79 Å². The molecule has 1 heterocycles. The summed E-state index contributed by atoms with van der Waals surface area (Å²) in [5.74, 6) is 1.73. The normalized spacial score (nSPS) is 13.3. The molecule has 0 bridgehead atoms. The molecular weight excluding hydrogens is 529 g/mol. The maximum Gasteiger partial charge on any atom is 0.321 e. The van der Waals surface area contributed by atoms with Gasteiger partial charge in [-0.25, -0.2) is 9.79 Å². The minimum Gasteiger partial charge on any atom is -0.494 e. The number of benzene rings is 2. The maximum absolute atomic E-state index is 12.4. The molecule has 33 heavy (non-hydrogen) atoms. The second-order valence-corrected chi connectivity index (χ2v) is 7.93. The Bertz CT molecular complexity index is 898. The van der Waals surface area contributed by atoms with Crippen molar-refractivity contribution in [3.05, 3.63) is 59.7 Å². The number of ether oxygens (including phenoxy) is 1. The molecule has 0 saturated carbocycles. The fraction of sp³-hybridized carbons (Fsp3) is 0.440. The third-order valence-corrected chi connectivity index (χ3v) is 5.33. The summed E-state index contributed by atoms with van der Waals surface area (Å²) < 4.78 is 5.52. The molecular formula is C25H36IN5O2. The number of hydrogen-bond acceptors (Lipinski definition) is 3. The standard InChI is InChI=1S/C25H35N5O2.HI/c1-4-26-24(29(3)19-20-11-13-23(14-12-20)32-5-2)27-18-21-9-8-10-22(17-21)28-25(31)30-15-6-7-16-30;/h8-14,17H,4-7,15-16,18-19H2,1-3H3,(H,26,27)(H,28,31);1H. The van der Waals surface area contributed by atoms with Crippen LogP contribution in [-0.2, 0) is 13.1 Å². The zero-order valence-corrected chi connectivity index (χ0v) is 22.2. The van der Waals surface area contributed by atoms with E-state index in [1.165, 1.54) is 5.56 Å². The number of halogens is 1. The highest BCUT2D eigenvalue weighted by Gasteiger charge is 2.17. The number of carbonyl (C=O) groups excluding carboxylic acids is 1. The first-order chi connectivity index (χ1) is 15.6. The molecule has 0 radical (unpaired) electrons. The number of urea groups is 1. The van der Waals surface area contributed by atoms with E-state index in [4.69, 9.17) is 9.73 Å². The Morgan fingerprint density at radius 2 is 1.82 bits per heavy atom. The zero-order chi connectivity index (χ0) is 22.8. The van der Waals surface area contributed by atoms with Gasteiger partial charge < -0.3 is 25.2 Å². The minimum atomic E-state index is -0.0217. The number of likely N-dealkylation sites (tertiary alicyclic amines) is 1. The van der Waals surface area contributed by atoms with Crippen molar-refractivity contribution in [1.29, 1.82) is 0 Å². The highest BCUT2D eigenvalue weighted by Crippen LogP contribution is 2.16. The average molecular weight is 566 g/mol. The molecule has 0 atom stereocenters. The van der Waals surface area contributed by atoms with E-state index in [1.807, 2.05) is 55.3 Å². The predicted octanol–water partition coefficient (Wildman–Crippen LogP) is 4.93. The average Bonchev–Trinajstić information content (AvgIpc) is 3.33. The van der Waals surface area contributed by atoms with Gasteiger partial charge in [0, 0.05) is 38.9 Å². The smallest absolute Gasteiger partial charge is 0.321 e. The Hall–Kier alpha value is -2.49. The topological polar surface area (TPSA) is 69.2 Å². The fourth-order valence-corrected chi connectivity index (χ4v) is 3.71. The molecule has 0 unspecified atom stereocenters. The first-order valence-electron chi connectivity index (χ1n) is 11.4. The maximum atomic E-state index is 12.4. The Morgan fingerprint density at radius 1 is 1.09 bits per heavy atom. The summed E-state index contributed by atoms with van der Waals surface area (Å²) in [6.45, 7) is 8.45. The highest BCUT2D eigenvalue weighted by molar-refractivity contribution is 14.0. The summed E-state index contributed by atoms with van der Waals surface area (Å²) in [7, 11) is 2.03. The molecule has 7 nitrogen and oxygen atoms in total. The molecule has 2 N–H and O–H groups in total. The molecule has 8 heteroatoms. The van der Waals surface area contributed by atoms with Crippen LogP contribution in [-0.4, -0.2) is 55.1 Å². The van der Waals surface area contributed by atoms with Crippen molar-refractivity contribution in [1.82, 2.24) is 15.1 Å². The van der Waals surface area contributed by atoms with Crippen LogP contribution in [0.4, 0.5) is 10.5 Å². The monoisotopic (exact) mass is 565 g/mol. The number of hydrogen-bond donors (Lipinski definition) is 2. The molecule has 2 aromatic rings. The second-order valence-electron chi connectivity index (χ2n) is 7.93. The van der Waals surface area contributed by atoms with Crippen LogP contribution in [0.1, 0.15) is 37.8 Å². The Morgan fingerprint density at radius 3 is 2.48 bits per heavy atom. The van der Waals surface area contributed by atoms with Gasteiger partial charge in [-0.1, -0.05) is 24.3 Å². The van der Waals surface area contributed by atoms with Gasteiger partial charge in [0.15, 0.2) is 5.96 Å². The summed E-state index contributed by atoms with van der Waals surface area (Å²) in [4.78, 5) is 21.1. The summed E-state index contributed by atoms with van der Waals surface area (Å²) in [6, 6.07) is 16.0. The van der Waals surface area contributed by atoms with E-state index in [2.05, 4.69) is 34.6 Å². The van der Waals surface area contributed by atoms with Gasteiger partial charge >= 0.3 is 6.03 Å². The lowest BCUT2D eigenvalue weighted by atomic mass is 10.2. The first-order valence-corrected chi connectivity index (χ1v) is 11.4. The van der Waals surface area contributed by atoms with E-state index in [-0.39, 0.29) is 30.0 Å². The minimum absolute atomic E-state index is 0. The number of aliphatic imine (C=N–C) groups is 1. The molecule has 2 amide bonds. The Labute approximate surface area is 214 Å². The van der Waals surface area contributed by atoms with E-state index < -0.39 is 0 Å². The third kappa shape index (κ3) is 8.42. The molecule has 1 aliphatic heterocycles. The summed E-state index contributed by atoms with van der Waals surface area (Å²) in [5, 5.41) is 6.37. The van der Waals surface area contributed by atoms with Crippen molar-refractivity contribution >= 4 is 41.7 Å². The molecule has 1 fully saturated rings. The summed E-state index contributed by atoms with van der Waals surface area (Å²) >= 11 is 0. The van der Waals surface area contributed by atoms with Crippen LogP contribution < -0.4 is 15.4 Å². The summed E-state index contributed by atoms with van der Waals surface area (Å²) in [6.07, 6.45) is 2.17.